The summed E-state index contributed by atoms with van der Waals surface area (Å²) in [7, 11) is 0. The van der Waals surface area contributed by atoms with Crippen LogP contribution in [-0.4, -0.2) is 4.98 Å². The van der Waals surface area contributed by atoms with E-state index in [0.29, 0.717) is 0 Å². The maximum atomic E-state index is 4.58. The first kappa shape index (κ1) is 24.8. The van der Waals surface area contributed by atoms with Crippen LogP contribution in [0.25, 0.3) is 66.1 Å². The molecule has 1 heterocycles. The van der Waals surface area contributed by atoms with E-state index >= 15 is 0 Å². The fourth-order valence-corrected chi connectivity index (χ4v) is 7.11. The van der Waals surface area contributed by atoms with Gasteiger partial charge in [0.2, 0.25) is 0 Å². The van der Waals surface area contributed by atoms with E-state index in [1.165, 1.54) is 82.7 Å². The lowest BCUT2D eigenvalue weighted by Crippen LogP contribution is -2.15. The van der Waals surface area contributed by atoms with Crippen molar-refractivity contribution in [2.24, 2.45) is 0 Å². The van der Waals surface area contributed by atoms with Crippen LogP contribution in [0.15, 0.2) is 134 Å². The SMILES string of the molecule is Cc1ccc2c(c1)C(C)(C)c1cc(-c3ccc(-c4c5ccccc5c(-c5ccccc5)c5ccncc45)cc3)ccc1-2. The fourth-order valence-electron chi connectivity index (χ4n) is 7.11. The molecule has 0 fully saturated rings. The molecule has 6 aromatic carbocycles. The van der Waals surface area contributed by atoms with E-state index in [-0.39, 0.29) is 5.41 Å². The Morgan fingerprint density at radius 3 is 1.76 bits per heavy atom. The lowest BCUT2D eigenvalue weighted by Gasteiger charge is -2.22. The highest BCUT2D eigenvalue weighted by atomic mass is 14.6. The Kier molecular flexibility index (Phi) is 5.46. The second-order valence-electron chi connectivity index (χ2n) is 12.1. The van der Waals surface area contributed by atoms with Gasteiger partial charge in [-0.05, 0) is 90.8 Å². The summed E-state index contributed by atoms with van der Waals surface area (Å²) < 4.78 is 0. The van der Waals surface area contributed by atoms with Crippen LogP contribution >= 0.6 is 0 Å². The molecule has 1 nitrogen and oxygen atoms in total. The van der Waals surface area contributed by atoms with Crippen LogP contribution in [0.1, 0.15) is 30.5 Å². The van der Waals surface area contributed by atoms with Crippen molar-refractivity contribution in [2.45, 2.75) is 26.2 Å². The number of rotatable bonds is 3. The molecule has 1 aliphatic carbocycles. The molecule has 0 saturated carbocycles. The van der Waals surface area contributed by atoms with Crippen molar-refractivity contribution in [3.8, 4) is 44.5 Å². The van der Waals surface area contributed by atoms with Gasteiger partial charge in [-0.2, -0.15) is 0 Å². The van der Waals surface area contributed by atoms with Gasteiger partial charge in [0.25, 0.3) is 0 Å². The molecule has 0 spiro atoms. The molecule has 0 bridgehead atoms. The molecule has 7 aromatic rings. The maximum absolute atomic E-state index is 4.58. The van der Waals surface area contributed by atoms with Crippen LogP contribution in [0.4, 0.5) is 0 Å². The number of pyridine rings is 1. The van der Waals surface area contributed by atoms with E-state index in [1.54, 1.807) is 0 Å². The van der Waals surface area contributed by atoms with Gasteiger partial charge in [-0.25, -0.2) is 0 Å². The molecule has 0 radical (unpaired) electrons. The topological polar surface area (TPSA) is 12.9 Å². The number of hydrogen-bond acceptors (Lipinski definition) is 1. The number of aromatic nitrogens is 1. The summed E-state index contributed by atoms with van der Waals surface area (Å²) in [5.41, 5.74) is 14.3. The fraction of sp³-hybridized carbons (Fsp3) is 0.0976. The predicted octanol–water partition coefficient (Wildman–Crippen LogP) is 11.0. The minimum atomic E-state index is -0.0159. The summed E-state index contributed by atoms with van der Waals surface area (Å²) in [6, 6.07) is 44.6. The van der Waals surface area contributed by atoms with Crippen molar-refractivity contribution < 1.29 is 0 Å². The summed E-state index contributed by atoms with van der Waals surface area (Å²) >= 11 is 0. The molecule has 42 heavy (non-hydrogen) atoms. The third-order valence-electron chi connectivity index (χ3n) is 9.23. The Morgan fingerprint density at radius 2 is 1.02 bits per heavy atom. The zero-order valence-electron chi connectivity index (χ0n) is 24.1. The van der Waals surface area contributed by atoms with Crippen LogP contribution in [0.5, 0.6) is 0 Å². The summed E-state index contributed by atoms with van der Waals surface area (Å²) in [6.45, 7) is 6.89. The number of hydrogen-bond donors (Lipinski definition) is 0. The van der Waals surface area contributed by atoms with Gasteiger partial charge in [0.1, 0.15) is 0 Å². The summed E-state index contributed by atoms with van der Waals surface area (Å²) in [5, 5.41) is 4.91. The first-order chi connectivity index (χ1) is 20.5. The largest absolute Gasteiger partial charge is 0.264 e. The monoisotopic (exact) mass is 537 g/mol. The van der Waals surface area contributed by atoms with Crippen LogP contribution in [-0.2, 0) is 5.41 Å². The molecular formula is C41H31N. The molecule has 0 N–H and O–H groups in total. The van der Waals surface area contributed by atoms with E-state index in [2.05, 4.69) is 147 Å². The molecule has 0 aliphatic heterocycles. The minimum Gasteiger partial charge on any atom is -0.264 e. The van der Waals surface area contributed by atoms with Gasteiger partial charge in [0.15, 0.2) is 0 Å². The first-order valence-corrected chi connectivity index (χ1v) is 14.7. The van der Waals surface area contributed by atoms with Crippen molar-refractivity contribution in [3.63, 3.8) is 0 Å². The Hall–Kier alpha value is -5.01. The van der Waals surface area contributed by atoms with E-state index < -0.39 is 0 Å². The van der Waals surface area contributed by atoms with Crippen molar-refractivity contribution in [2.75, 3.05) is 0 Å². The molecule has 0 amide bonds. The second kappa shape index (κ2) is 9.26. The van der Waals surface area contributed by atoms with Gasteiger partial charge >= 0.3 is 0 Å². The molecule has 0 atom stereocenters. The van der Waals surface area contributed by atoms with E-state index in [9.17, 15) is 0 Å². The standard InChI is InChI=1S/C41H31N/c1-26-13-19-31-32-20-18-30(24-38(32)41(2,3)37(31)23-26)27-14-16-29(17-15-27)40-34-12-8-7-11-33(34)39(28-9-5-4-6-10-28)35-21-22-42-25-36(35)40/h4-25H,1-3H3. The number of nitrogens with zero attached hydrogens (tertiary/aromatic N) is 1. The van der Waals surface area contributed by atoms with Crippen LogP contribution in [0, 0.1) is 6.92 Å². The van der Waals surface area contributed by atoms with Gasteiger partial charge in [-0.15, -0.1) is 0 Å². The molecule has 0 unspecified atom stereocenters. The molecule has 1 aromatic heterocycles. The van der Waals surface area contributed by atoms with E-state index in [0.717, 1.165) is 0 Å². The van der Waals surface area contributed by atoms with Gasteiger partial charge in [-0.3, -0.25) is 4.98 Å². The van der Waals surface area contributed by atoms with Crippen molar-refractivity contribution in [1.29, 1.82) is 0 Å². The Labute approximate surface area is 247 Å². The quantitative estimate of drug-likeness (QED) is 0.204. The molecular weight excluding hydrogens is 506 g/mol. The Balaban J connectivity index is 1.27. The van der Waals surface area contributed by atoms with Crippen molar-refractivity contribution in [3.05, 3.63) is 150 Å². The molecule has 0 saturated heterocycles. The van der Waals surface area contributed by atoms with Gasteiger partial charge in [0, 0.05) is 23.2 Å². The average Bonchev–Trinajstić information content (AvgIpc) is 3.25. The normalized spacial score (nSPS) is 13.3. The van der Waals surface area contributed by atoms with Crippen molar-refractivity contribution >= 4 is 21.5 Å². The molecule has 200 valence electrons. The molecule has 1 aliphatic rings. The van der Waals surface area contributed by atoms with E-state index in [4.69, 9.17) is 0 Å². The smallest absolute Gasteiger partial charge is 0.0353 e. The first-order valence-electron chi connectivity index (χ1n) is 14.7. The van der Waals surface area contributed by atoms with Gasteiger partial charge in [-0.1, -0.05) is 129 Å². The highest BCUT2D eigenvalue weighted by Gasteiger charge is 2.35. The number of fused-ring (bicyclic) bond motifs is 5. The zero-order valence-corrected chi connectivity index (χ0v) is 24.1. The number of aryl methyl sites for hydroxylation is 1. The lowest BCUT2D eigenvalue weighted by molar-refractivity contribution is 0.660. The predicted molar refractivity (Wildman–Crippen MR) is 178 cm³/mol. The lowest BCUT2D eigenvalue weighted by atomic mass is 9.81. The summed E-state index contributed by atoms with van der Waals surface area (Å²) in [5.74, 6) is 0. The highest BCUT2D eigenvalue weighted by molar-refractivity contribution is 6.21. The van der Waals surface area contributed by atoms with Gasteiger partial charge in [0.05, 0.1) is 0 Å². The van der Waals surface area contributed by atoms with Crippen LogP contribution in [0.2, 0.25) is 0 Å². The highest BCUT2D eigenvalue weighted by Crippen LogP contribution is 2.50. The van der Waals surface area contributed by atoms with Gasteiger partial charge < -0.3 is 0 Å². The average molecular weight is 538 g/mol. The summed E-state index contributed by atoms with van der Waals surface area (Å²) in [4.78, 5) is 4.58. The van der Waals surface area contributed by atoms with Crippen molar-refractivity contribution in [1.82, 2.24) is 4.98 Å². The Morgan fingerprint density at radius 1 is 0.476 bits per heavy atom. The molecule has 8 rings (SSSR count). The third-order valence-corrected chi connectivity index (χ3v) is 9.23. The molecule has 1 heteroatoms. The summed E-state index contributed by atoms with van der Waals surface area (Å²) in [6.07, 6.45) is 3.94. The van der Waals surface area contributed by atoms with Crippen LogP contribution < -0.4 is 0 Å². The zero-order chi connectivity index (χ0) is 28.4. The van der Waals surface area contributed by atoms with E-state index in [1.807, 2.05) is 12.4 Å². The maximum Gasteiger partial charge on any atom is 0.0353 e. The third kappa shape index (κ3) is 3.67. The Bertz CT molecular complexity index is 2090. The van der Waals surface area contributed by atoms with Crippen LogP contribution in [0.3, 0.4) is 0 Å². The second-order valence-corrected chi connectivity index (χ2v) is 12.1. The minimum absolute atomic E-state index is 0.0159. The number of benzene rings is 6.